The van der Waals surface area contributed by atoms with E-state index in [4.69, 9.17) is 18.9 Å². The predicted octanol–water partition coefficient (Wildman–Crippen LogP) is 4.54. The lowest BCUT2D eigenvalue weighted by atomic mass is 9.77. The van der Waals surface area contributed by atoms with E-state index in [0.29, 0.717) is 13.0 Å². The number of hydrogen-bond acceptors (Lipinski definition) is 12. The van der Waals surface area contributed by atoms with Crippen LogP contribution in [0.1, 0.15) is 91.7 Å². The van der Waals surface area contributed by atoms with Gasteiger partial charge >= 0.3 is 12.1 Å². The summed E-state index contributed by atoms with van der Waals surface area (Å²) in [5.74, 6) is -3.18. The first-order chi connectivity index (χ1) is 27.2. The van der Waals surface area contributed by atoms with Crippen LogP contribution in [0.3, 0.4) is 0 Å². The zero-order valence-electron chi connectivity index (χ0n) is 36.4. The number of likely N-dealkylation sites (N-methyl/N-ethyl adjacent to an activating group) is 2. The third-order valence-corrected chi connectivity index (χ3v) is 12.5. The number of esters is 1. The van der Waals surface area contributed by atoms with Gasteiger partial charge in [0.05, 0.1) is 23.7 Å². The highest BCUT2D eigenvalue weighted by molar-refractivity contribution is 5.74. The van der Waals surface area contributed by atoms with Crippen LogP contribution in [0, 0.1) is 17.8 Å². The van der Waals surface area contributed by atoms with Gasteiger partial charge in [-0.2, -0.15) is 0 Å². The zero-order valence-corrected chi connectivity index (χ0v) is 36.4. The number of carbonyl (C=O) groups excluding carboxylic acids is 2. The number of aliphatic hydroxyl groups is 4. The summed E-state index contributed by atoms with van der Waals surface area (Å²) in [6, 6.07) is 18.7. The molecule has 2 heterocycles. The third-order valence-electron chi connectivity index (χ3n) is 12.5. The van der Waals surface area contributed by atoms with E-state index in [1.54, 1.807) is 34.6 Å². The molecule has 4 rings (SSSR count). The molecule has 2 saturated heterocycles. The summed E-state index contributed by atoms with van der Waals surface area (Å²) in [6.07, 6.45) is -7.17. The molecule has 1 amide bonds. The van der Waals surface area contributed by atoms with Crippen molar-refractivity contribution in [1.82, 2.24) is 15.1 Å². The zero-order chi connectivity index (χ0) is 43.1. The SMILES string of the molecule is CC[C@H]1OC(=O)[C@H](C)[C@@H](OC(=O)NCC(c2ccccc2)c2ccccc2)[C@H](C)[C@@H](O[C@@H]2O[C@H](C)C[C@H](N(C)C)[C@H]2O)[C@](C)(O)C[C@@H](C)CN(C)[C@H](C)[C@@H](O)[C@]1(C)O. The predicted molar refractivity (Wildman–Crippen MR) is 222 cm³/mol. The number of aliphatic hydroxyl groups excluding tert-OH is 2. The average molecular weight is 814 g/mol. The van der Waals surface area contributed by atoms with Crippen molar-refractivity contribution in [2.24, 2.45) is 17.8 Å². The maximum absolute atomic E-state index is 14.2. The highest BCUT2D eigenvalue weighted by Gasteiger charge is 2.51. The molecule has 2 fully saturated rings. The molecule has 326 valence electrons. The summed E-state index contributed by atoms with van der Waals surface area (Å²) < 4.78 is 25.1. The number of hydrogen-bond donors (Lipinski definition) is 5. The molecule has 2 aromatic rings. The smallest absolute Gasteiger partial charge is 0.407 e. The quantitative estimate of drug-likeness (QED) is 0.225. The van der Waals surface area contributed by atoms with Crippen LogP contribution in [0.15, 0.2) is 60.7 Å². The Morgan fingerprint density at radius 1 is 0.983 bits per heavy atom. The van der Waals surface area contributed by atoms with Gasteiger partial charge in [-0.05, 0) is 92.1 Å². The van der Waals surface area contributed by atoms with Gasteiger partial charge < -0.3 is 54.5 Å². The third kappa shape index (κ3) is 11.6. The monoisotopic (exact) mass is 814 g/mol. The molecule has 2 aliphatic rings. The number of alkyl carbamates (subject to hydrolysis) is 1. The van der Waals surface area contributed by atoms with Crippen LogP contribution < -0.4 is 5.32 Å². The van der Waals surface area contributed by atoms with Crippen LogP contribution in [-0.2, 0) is 23.7 Å². The lowest BCUT2D eigenvalue weighted by Crippen LogP contribution is -2.59. The Labute approximate surface area is 346 Å². The Morgan fingerprint density at radius 3 is 2.09 bits per heavy atom. The van der Waals surface area contributed by atoms with E-state index >= 15 is 0 Å². The van der Waals surface area contributed by atoms with Crippen LogP contribution in [0.5, 0.6) is 0 Å². The maximum atomic E-state index is 14.2. The minimum atomic E-state index is -1.84. The van der Waals surface area contributed by atoms with E-state index in [0.717, 1.165) is 11.1 Å². The van der Waals surface area contributed by atoms with Crippen molar-refractivity contribution in [2.75, 3.05) is 34.2 Å². The van der Waals surface area contributed by atoms with Crippen molar-refractivity contribution < 1.29 is 49.0 Å². The lowest BCUT2D eigenvalue weighted by molar-refractivity contribution is -0.299. The van der Waals surface area contributed by atoms with Gasteiger partial charge in [0.1, 0.15) is 30.0 Å². The van der Waals surface area contributed by atoms with E-state index in [-0.39, 0.29) is 43.4 Å². The van der Waals surface area contributed by atoms with Gasteiger partial charge in [-0.25, -0.2) is 4.79 Å². The fourth-order valence-corrected chi connectivity index (χ4v) is 9.08. The Bertz CT molecular complexity index is 1540. The van der Waals surface area contributed by atoms with Gasteiger partial charge in [0, 0.05) is 37.0 Å². The second kappa shape index (κ2) is 20.4. The fraction of sp³-hybridized carbons (Fsp3) is 0.689. The van der Waals surface area contributed by atoms with Crippen molar-refractivity contribution in [2.45, 2.75) is 147 Å². The van der Waals surface area contributed by atoms with Crippen molar-refractivity contribution in [3.05, 3.63) is 71.8 Å². The van der Waals surface area contributed by atoms with Crippen molar-refractivity contribution >= 4 is 12.1 Å². The molecule has 0 bridgehead atoms. The average Bonchev–Trinajstić information content (AvgIpc) is 3.17. The molecule has 0 spiro atoms. The molecule has 0 radical (unpaired) electrons. The molecule has 13 heteroatoms. The number of amides is 1. The van der Waals surface area contributed by atoms with Gasteiger partial charge in [0.2, 0.25) is 0 Å². The summed E-state index contributed by atoms with van der Waals surface area (Å²) in [4.78, 5) is 32.1. The standard InChI is InChI=1S/C45H71N3O10/c1-12-36-45(8,54)39(50)31(6)48(11)26-27(2)24-44(7,53)40(58-42-37(49)35(47(9)10)23-28(3)55-42)29(4)38(30(5)41(51)56-36)57-43(52)46-25-34(32-19-15-13-16-20-32)33-21-17-14-18-22-33/h13-22,27-31,34-40,42,49-50,53-54H,12,23-26H2,1-11H3,(H,46,52)/t27-,28-,29+,30-,31-,35+,36-,37-,38+,39-,40-,42+,44-,45-/m1/s1. The molecular formula is C45H71N3O10. The van der Waals surface area contributed by atoms with Crippen molar-refractivity contribution in [1.29, 1.82) is 0 Å². The van der Waals surface area contributed by atoms with E-state index in [1.807, 2.05) is 105 Å². The first-order valence-corrected chi connectivity index (χ1v) is 20.9. The van der Waals surface area contributed by atoms with Crippen LogP contribution in [0.4, 0.5) is 4.79 Å². The minimum absolute atomic E-state index is 0.179. The molecule has 2 aromatic carbocycles. The lowest BCUT2D eigenvalue weighted by Gasteiger charge is -2.47. The topological polar surface area (TPSA) is 170 Å². The first kappa shape index (κ1) is 47.5. The fourth-order valence-electron chi connectivity index (χ4n) is 9.08. The van der Waals surface area contributed by atoms with E-state index in [9.17, 15) is 30.0 Å². The Morgan fingerprint density at radius 2 is 1.55 bits per heavy atom. The second-order valence-electron chi connectivity index (χ2n) is 17.8. The largest absolute Gasteiger partial charge is 0.459 e. The number of benzene rings is 2. The molecule has 2 aliphatic heterocycles. The number of nitrogens with one attached hydrogen (secondary N) is 1. The van der Waals surface area contributed by atoms with Gasteiger partial charge in [-0.15, -0.1) is 0 Å². The minimum Gasteiger partial charge on any atom is -0.459 e. The van der Waals surface area contributed by atoms with E-state index < -0.39 is 78.0 Å². The summed E-state index contributed by atoms with van der Waals surface area (Å²) in [5, 5.41) is 50.3. The molecule has 0 unspecified atom stereocenters. The molecule has 58 heavy (non-hydrogen) atoms. The summed E-state index contributed by atoms with van der Waals surface area (Å²) in [6.45, 7) is 14.4. The highest BCUT2D eigenvalue weighted by atomic mass is 16.7. The van der Waals surface area contributed by atoms with Crippen LogP contribution >= 0.6 is 0 Å². The van der Waals surface area contributed by atoms with Gasteiger partial charge in [-0.3, -0.25) is 4.79 Å². The Hall–Kier alpha value is -3.14. The van der Waals surface area contributed by atoms with Crippen molar-refractivity contribution in [3.8, 4) is 0 Å². The molecule has 14 atom stereocenters. The molecular weight excluding hydrogens is 743 g/mol. The first-order valence-electron chi connectivity index (χ1n) is 20.9. The van der Waals surface area contributed by atoms with Crippen molar-refractivity contribution in [3.63, 3.8) is 0 Å². The van der Waals surface area contributed by atoms with Crippen LogP contribution in [-0.4, -0.2) is 143 Å². The van der Waals surface area contributed by atoms with Gasteiger partial charge in [0.15, 0.2) is 6.29 Å². The van der Waals surface area contributed by atoms with Gasteiger partial charge in [-0.1, -0.05) is 81.4 Å². The maximum Gasteiger partial charge on any atom is 0.407 e. The van der Waals surface area contributed by atoms with E-state index in [1.165, 1.54) is 6.92 Å². The Kier molecular flexibility index (Phi) is 16.7. The summed E-state index contributed by atoms with van der Waals surface area (Å²) >= 11 is 0. The molecule has 0 aliphatic carbocycles. The van der Waals surface area contributed by atoms with Gasteiger partial charge in [0.25, 0.3) is 0 Å². The Balaban J connectivity index is 1.77. The number of nitrogens with zero attached hydrogens (tertiary/aromatic N) is 2. The second-order valence-corrected chi connectivity index (χ2v) is 17.8. The number of cyclic esters (lactones) is 1. The van der Waals surface area contributed by atoms with Crippen LogP contribution in [0.2, 0.25) is 0 Å². The number of carbonyl (C=O) groups is 2. The normalized spacial score (nSPS) is 37.4. The summed E-state index contributed by atoms with van der Waals surface area (Å²) in [5.41, 5.74) is -1.48. The molecule has 0 saturated carbocycles. The number of rotatable bonds is 9. The molecule has 0 aromatic heterocycles. The highest BCUT2D eigenvalue weighted by Crippen LogP contribution is 2.38. The van der Waals surface area contributed by atoms with E-state index in [2.05, 4.69) is 5.32 Å². The summed E-state index contributed by atoms with van der Waals surface area (Å²) in [7, 11) is 5.58. The number of ether oxygens (including phenoxy) is 4. The van der Waals surface area contributed by atoms with Crippen LogP contribution in [0.25, 0.3) is 0 Å². The molecule has 13 nitrogen and oxygen atoms in total. The molecule has 5 N–H and O–H groups in total.